The van der Waals surface area contributed by atoms with E-state index in [0.717, 1.165) is 0 Å². The number of rotatable bonds is 3. The highest BCUT2D eigenvalue weighted by molar-refractivity contribution is 7.91. The van der Waals surface area contributed by atoms with Crippen LogP contribution in [0.4, 0.5) is 0 Å². The van der Waals surface area contributed by atoms with Crippen LogP contribution >= 0.6 is 0 Å². The van der Waals surface area contributed by atoms with Crippen LogP contribution < -0.4 is 5.73 Å². The number of carbonyl (C=O) groups excluding carboxylic acids is 1. The number of aromatic nitrogens is 2. The third-order valence-corrected chi connectivity index (χ3v) is 4.29. The molecule has 0 atom stereocenters. The number of hydrogen-bond acceptors (Lipinski definition) is 4. The molecule has 1 aromatic carbocycles. The molecule has 18 heavy (non-hydrogen) atoms. The Morgan fingerprint density at radius 2 is 2.11 bits per heavy atom. The predicted octanol–water partition coefficient (Wildman–Crippen LogP) is 0.650. The lowest BCUT2D eigenvalue weighted by Gasteiger charge is -2.09. The maximum absolute atomic E-state index is 12.3. The number of primary amides is 1. The minimum absolute atomic E-state index is 0.0357. The van der Waals surface area contributed by atoms with Gasteiger partial charge in [0.15, 0.2) is 0 Å². The maximum atomic E-state index is 12.3. The van der Waals surface area contributed by atoms with Crippen LogP contribution in [0.1, 0.15) is 15.9 Å². The van der Waals surface area contributed by atoms with Gasteiger partial charge in [-0.2, -0.15) is 0 Å². The van der Waals surface area contributed by atoms with Gasteiger partial charge in [-0.15, -0.1) is 0 Å². The molecule has 2 aromatic rings. The minimum atomic E-state index is -3.87. The zero-order valence-electron chi connectivity index (χ0n) is 9.54. The number of hydrogen-bond donors (Lipinski definition) is 2. The van der Waals surface area contributed by atoms with Crippen LogP contribution in [0.2, 0.25) is 0 Å². The monoisotopic (exact) mass is 265 g/mol. The lowest BCUT2D eigenvalue weighted by molar-refractivity contribution is 0.0997. The molecule has 7 heteroatoms. The van der Waals surface area contributed by atoms with Gasteiger partial charge in [0.05, 0.1) is 10.5 Å². The van der Waals surface area contributed by atoms with Gasteiger partial charge in [-0.05, 0) is 18.6 Å². The first kappa shape index (κ1) is 12.3. The second-order valence-electron chi connectivity index (χ2n) is 3.71. The number of nitrogens with zero attached hydrogens (tertiary/aromatic N) is 1. The Morgan fingerprint density at radius 1 is 1.39 bits per heavy atom. The SMILES string of the molecule is Cc1cccc(C(N)=O)c1S(=O)(=O)c1ncc[nH]1. The van der Waals surface area contributed by atoms with Crippen molar-refractivity contribution in [3.05, 3.63) is 41.7 Å². The zero-order chi connectivity index (χ0) is 13.3. The van der Waals surface area contributed by atoms with Crippen LogP contribution in [0.5, 0.6) is 0 Å². The Kier molecular flexibility index (Phi) is 2.92. The number of H-pyrrole nitrogens is 1. The van der Waals surface area contributed by atoms with Crippen molar-refractivity contribution in [2.75, 3.05) is 0 Å². The van der Waals surface area contributed by atoms with E-state index in [0.29, 0.717) is 5.56 Å². The number of aromatic amines is 1. The van der Waals surface area contributed by atoms with Crippen molar-refractivity contribution in [3.8, 4) is 0 Å². The Labute approximate surface area is 104 Å². The first-order valence-electron chi connectivity index (χ1n) is 5.08. The van der Waals surface area contributed by atoms with E-state index in [4.69, 9.17) is 5.73 Å². The van der Waals surface area contributed by atoms with Gasteiger partial charge in [0.25, 0.3) is 0 Å². The normalized spacial score (nSPS) is 11.4. The van der Waals surface area contributed by atoms with E-state index in [1.165, 1.54) is 18.5 Å². The molecule has 1 aromatic heterocycles. The molecule has 0 aliphatic carbocycles. The summed E-state index contributed by atoms with van der Waals surface area (Å²) in [4.78, 5) is 17.4. The van der Waals surface area contributed by atoms with Gasteiger partial charge in [-0.25, -0.2) is 13.4 Å². The summed E-state index contributed by atoms with van der Waals surface area (Å²) < 4.78 is 24.7. The van der Waals surface area contributed by atoms with Crippen LogP contribution in [-0.4, -0.2) is 24.3 Å². The molecule has 1 amide bonds. The molecule has 0 aliphatic heterocycles. The average Bonchev–Trinajstić information content (AvgIpc) is 2.82. The average molecular weight is 265 g/mol. The van der Waals surface area contributed by atoms with E-state index in [1.807, 2.05) is 0 Å². The fraction of sp³-hybridized carbons (Fsp3) is 0.0909. The Balaban J connectivity index is 2.76. The molecule has 0 bridgehead atoms. The fourth-order valence-electron chi connectivity index (χ4n) is 1.70. The summed E-state index contributed by atoms with van der Waals surface area (Å²) in [5.74, 6) is -0.788. The first-order valence-corrected chi connectivity index (χ1v) is 6.57. The van der Waals surface area contributed by atoms with Gasteiger partial charge < -0.3 is 10.7 Å². The second-order valence-corrected chi connectivity index (χ2v) is 5.52. The van der Waals surface area contributed by atoms with Crippen molar-refractivity contribution in [1.82, 2.24) is 9.97 Å². The Morgan fingerprint density at radius 3 is 2.67 bits per heavy atom. The molecular weight excluding hydrogens is 254 g/mol. The number of carbonyl (C=O) groups is 1. The van der Waals surface area contributed by atoms with E-state index in [-0.39, 0.29) is 15.6 Å². The Bertz CT molecular complexity index is 690. The number of sulfone groups is 1. The fourth-order valence-corrected chi connectivity index (χ4v) is 3.26. The smallest absolute Gasteiger partial charge is 0.250 e. The summed E-state index contributed by atoms with van der Waals surface area (Å²) >= 11 is 0. The molecule has 0 radical (unpaired) electrons. The van der Waals surface area contributed by atoms with Crippen LogP contribution in [0.15, 0.2) is 40.6 Å². The second kappa shape index (κ2) is 4.26. The highest BCUT2D eigenvalue weighted by atomic mass is 32.2. The number of amides is 1. The lowest BCUT2D eigenvalue weighted by Crippen LogP contribution is -2.18. The molecule has 0 saturated carbocycles. The van der Waals surface area contributed by atoms with Gasteiger partial charge in [0.1, 0.15) is 0 Å². The third kappa shape index (κ3) is 1.88. The molecule has 2 rings (SSSR count). The summed E-state index contributed by atoms with van der Waals surface area (Å²) in [6.45, 7) is 1.60. The van der Waals surface area contributed by atoms with Crippen molar-refractivity contribution >= 4 is 15.7 Å². The summed E-state index contributed by atoms with van der Waals surface area (Å²) in [6.07, 6.45) is 2.73. The largest absolute Gasteiger partial charge is 0.366 e. The van der Waals surface area contributed by atoms with Crippen LogP contribution in [0, 0.1) is 6.92 Å². The molecular formula is C11H11N3O3S. The summed E-state index contributed by atoms with van der Waals surface area (Å²) in [7, 11) is -3.87. The number of benzene rings is 1. The van der Waals surface area contributed by atoms with E-state index < -0.39 is 15.7 Å². The maximum Gasteiger partial charge on any atom is 0.250 e. The van der Waals surface area contributed by atoms with Gasteiger partial charge in [0, 0.05) is 12.4 Å². The molecule has 94 valence electrons. The predicted molar refractivity (Wildman–Crippen MR) is 63.7 cm³/mol. The highest BCUT2D eigenvalue weighted by Crippen LogP contribution is 2.24. The molecule has 0 aliphatic rings. The number of aryl methyl sites for hydroxylation is 1. The Hall–Kier alpha value is -2.15. The van der Waals surface area contributed by atoms with Crippen molar-refractivity contribution in [3.63, 3.8) is 0 Å². The zero-order valence-corrected chi connectivity index (χ0v) is 10.4. The van der Waals surface area contributed by atoms with Gasteiger partial charge >= 0.3 is 0 Å². The standard InChI is InChI=1S/C11H11N3O3S/c1-7-3-2-4-8(10(12)15)9(7)18(16,17)11-13-5-6-14-11/h2-6H,1H3,(H2,12,15)(H,13,14). The van der Waals surface area contributed by atoms with Crippen molar-refractivity contribution < 1.29 is 13.2 Å². The summed E-state index contributed by atoms with van der Waals surface area (Å²) in [6, 6.07) is 4.56. The lowest BCUT2D eigenvalue weighted by atomic mass is 10.1. The molecule has 0 unspecified atom stereocenters. The topological polar surface area (TPSA) is 106 Å². The number of nitrogens with one attached hydrogen (secondary N) is 1. The molecule has 3 N–H and O–H groups in total. The van der Waals surface area contributed by atoms with Gasteiger partial charge in [0.2, 0.25) is 20.9 Å². The van der Waals surface area contributed by atoms with Crippen LogP contribution in [0.25, 0.3) is 0 Å². The third-order valence-electron chi connectivity index (χ3n) is 2.47. The van der Waals surface area contributed by atoms with Crippen LogP contribution in [0.3, 0.4) is 0 Å². The van der Waals surface area contributed by atoms with E-state index in [1.54, 1.807) is 19.1 Å². The van der Waals surface area contributed by atoms with Gasteiger partial charge in [-0.1, -0.05) is 12.1 Å². The van der Waals surface area contributed by atoms with Crippen molar-refractivity contribution in [2.45, 2.75) is 17.0 Å². The molecule has 0 spiro atoms. The molecule has 0 fully saturated rings. The summed E-state index contributed by atoms with van der Waals surface area (Å²) in [5.41, 5.74) is 5.61. The number of nitrogens with two attached hydrogens (primary N) is 1. The minimum Gasteiger partial charge on any atom is -0.366 e. The van der Waals surface area contributed by atoms with E-state index >= 15 is 0 Å². The van der Waals surface area contributed by atoms with E-state index in [9.17, 15) is 13.2 Å². The number of imidazole rings is 1. The van der Waals surface area contributed by atoms with Crippen molar-refractivity contribution in [2.24, 2.45) is 5.73 Å². The van der Waals surface area contributed by atoms with Crippen molar-refractivity contribution in [1.29, 1.82) is 0 Å². The first-order chi connectivity index (χ1) is 8.44. The molecule has 0 saturated heterocycles. The quantitative estimate of drug-likeness (QED) is 0.849. The van der Waals surface area contributed by atoms with Gasteiger partial charge in [-0.3, -0.25) is 4.79 Å². The van der Waals surface area contributed by atoms with E-state index in [2.05, 4.69) is 9.97 Å². The molecule has 1 heterocycles. The highest BCUT2D eigenvalue weighted by Gasteiger charge is 2.27. The molecule has 6 nitrogen and oxygen atoms in total. The van der Waals surface area contributed by atoms with Crippen LogP contribution in [-0.2, 0) is 9.84 Å². The summed E-state index contributed by atoms with van der Waals surface area (Å²) in [5, 5.41) is -0.209.